The van der Waals surface area contributed by atoms with Crippen LogP contribution in [0.3, 0.4) is 0 Å². The van der Waals surface area contributed by atoms with Crippen LogP contribution in [-0.4, -0.2) is 15.0 Å². The molecular weight excluding hydrogens is 288 g/mol. The highest BCUT2D eigenvalue weighted by molar-refractivity contribution is 6.31. The zero-order valence-corrected chi connectivity index (χ0v) is 12.5. The summed E-state index contributed by atoms with van der Waals surface area (Å²) in [6.45, 7) is 3.86. The van der Waals surface area contributed by atoms with Gasteiger partial charge < -0.3 is 10.7 Å². The van der Waals surface area contributed by atoms with Crippen LogP contribution in [0, 0.1) is 13.8 Å². The highest BCUT2D eigenvalue weighted by atomic mass is 35.5. The van der Waals surface area contributed by atoms with E-state index >= 15 is 0 Å². The van der Waals surface area contributed by atoms with Crippen molar-refractivity contribution in [3.05, 3.63) is 63.3 Å². The molecule has 0 saturated carbocycles. The second kappa shape index (κ2) is 6.37. The number of hydrogen-bond acceptors (Lipinski definition) is 4. The molecule has 3 rings (SSSR count). The van der Waals surface area contributed by atoms with E-state index in [1.54, 1.807) is 24.5 Å². The van der Waals surface area contributed by atoms with E-state index in [0.29, 0.717) is 10.8 Å². The molecule has 0 atom stereocenters. The van der Waals surface area contributed by atoms with E-state index in [1.807, 2.05) is 19.9 Å². The van der Waals surface area contributed by atoms with Gasteiger partial charge in [-0.2, -0.15) is 0 Å². The van der Waals surface area contributed by atoms with E-state index in [2.05, 4.69) is 15.0 Å². The molecule has 0 aliphatic carbocycles. The first kappa shape index (κ1) is 15.0. The van der Waals surface area contributed by atoms with Gasteiger partial charge >= 0.3 is 0 Å². The number of nitrogen functional groups attached to an aromatic ring is 1. The van der Waals surface area contributed by atoms with Gasteiger partial charge in [-0.05, 0) is 43.2 Å². The number of nitrogens with zero attached hydrogens (tertiary/aromatic N) is 2. The Bertz CT molecular complexity index is 829. The number of aryl methyl sites for hydroxylation is 2. The standard InChI is InChI=1S/C9H8N2O.C6H7ClN2/c1-6-4-8-7(10-5-6)2-3-9(12)11-8;1-4-2-5(8)6(7)9-3-4/h2-5H,1H3,(H,11,12);2-3H,8H2,1H3. The summed E-state index contributed by atoms with van der Waals surface area (Å²) in [5, 5.41) is 0.376. The summed E-state index contributed by atoms with van der Waals surface area (Å²) in [5.74, 6) is 0. The first-order valence-corrected chi connectivity index (χ1v) is 6.67. The average Bonchev–Trinajstić information content (AvgIpc) is 2.43. The Morgan fingerprint density at radius 1 is 1.10 bits per heavy atom. The van der Waals surface area contributed by atoms with Crippen molar-refractivity contribution in [2.45, 2.75) is 13.8 Å². The Hall–Kier alpha value is -2.40. The SMILES string of the molecule is Cc1cnc(Cl)c(N)c1.Cc1cnc2ccc(=O)[nH]c2c1. The van der Waals surface area contributed by atoms with Crippen molar-refractivity contribution < 1.29 is 0 Å². The maximum Gasteiger partial charge on any atom is 0.248 e. The molecule has 5 nitrogen and oxygen atoms in total. The van der Waals surface area contributed by atoms with E-state index in [-0.39, 0.29) is 5.56 Å². The minimum Gasteiger partial charge on any atom is -0.396 e. The lowest BCUT2D eigenvalue weighted by Crippen LogP contribution is -2.02. The lowest BCUT2D eigenvalue weighted by atomic mass is 10.2. The van der Waals surface area contributed by atoms with Crippen LogP contribution in [-0.2, 0) is 0 Å². The fourth-order valence-corrected chi connectivity index (χ4v) is 1.82. The lowest BCUT2D eigenvalue weighted by Gasteiger charge is -1.96. The normalized spacial score (nSPS) is 10.0. The van der Waals surface area contributed by atoms with E-state index in [4.69, 9.17) is 17.3 Å². The minimum absolute atomic E-state index is 0.0881. The molecule has 0 amide bonds. The zero-order chi connectivity index (χ0) is 15.4. The largest absolute Gasteiger partial charge is 0.396 e. The molecule has 0 spiro atoms. The Morgan fingerprint density at radius 2 is 1.76 bits per heavy atom. The summed E-state index contributed by atoms with van der Waals surface area (Å²) >= 11 is 5.54. The molecule has 3 N–H and O–H groups in total. The molecule has 108 valence electrons. The number of pyridine rings is 3. The van der Waals surface area contributed by atoms with E-state index in [1.165, 1.54) is 6.07 Å². The molecule has 0 aliphatic heterocycles. The summed E-state index contributed by atoms with van der Waals surface area (Å²) in [6, 6.07) is 6.89. The number of aromatic amines is 1. The number of nitrogens with two attached hydrogens (primary N) is 1. The molecule has 0 aliphatic rings. The quantitative estimate of drug-likeness (QED) is 0.625. The number of fused-ring (bicyclic) bond motifs is 1. The van der Waals surface area contributed by atoms with Gasteiger partial charge in [-0.3, -0.25) is 9.78 Å². The molecule has 3 aromatic heterocycles. The Kier molecular flexibility index (Phi) is 4.55. The molecular formula is C15H15ClN4O. The molecule has 0 aromatic carbocycles. The molecule has 0 fully saturated rings. The molecule has 0 saturated heterocycles. The van der Waals surface area contributed by atoms with Crippen LogP contribution in [0.15, 0.2) is 41.5 Å². The Balaban J connectivity index is 0.000000161. The maximum absolute atomic E-state index is 10.9. The Labute approximate surface area is 126 Å². The Morgan fingerprint density at radius 3 is 2.43 bits per heavy atom. The van der Waals surface area contributed by atoms with Gasteiger partial charge in [0.25, 0.3) is 0 Å². The van der Waals surface area contributed by atoms with E-state index in [9.17, 15) is 4.79 Å². The van der Waals surface area contributed by atoms with Crippen LogP contribution < -0.4 is 11.3 Å². The fourth-order valence-electron chi connectivity index (χ4n) is 1.72. The zero-order valence-electron chi connectivity index (χ0n) is 11.7. The minimum atomic E-state index is -0.0881. The molecule has 0 unspecified atom stereocenters. The van der Waals surface area contributed by atoms with Crippen molar-refractivity contribution in [2.24, 2.45) is 0 Å². The predicted molar refractivity (Wildman–Crippen MR) is 85.5 cm³/mol. The first-order chi connectivity index (χ1) is 9.95. The smallest absolute Gasteiger partial charge is 0.248 e. The number of nitrogens with one attached hydrogen (secondary N) is 1. The monoisotopic (exact) mass is 302 g/mol. The molecule has 0 radical (unpaired) electrons. The molecule has 21 heavy (non-hydrogen) atoms. The van der Waals surface area contributed by atoms with Gasteiger partial charge in [-0.15, -0.1) is 0 Å². The number of halogens is 1. The molecule has 3 heterocycles. The van der Waals surface area contributed by atoms with Crippen molar-refractivity contribution in [1.29, 1.82) is 0 Å². The summed E-state index contributed by atoms with van der Waals surface area (Å²) in [7, 11) is 0. The number of aromatic nitrogens is 3. The summed E-state index contributed by atoms with van der Waals surface area (Å²) in [4.78, 5) is 21.6. The topological polar surface area (TPSA) is 84.7 Å². The van der Waals surface area contributed by atoms with E-state index in [0.717, 1.165) is 22.2 Å². The van der Waals surface area contributed by atoms with Gasteiger partial charge in [-0.25, -0.2) is 4.98 Å². The maximum atomic E-state index is 10.9. The lowest BCUT2D eigenvalue weighted by molar-refractivity contribution is 1.25. The predicted octanol–water partition coefficient (Wildman–Crippen LogP) is 2.86. The number of anilines is 1. The van der Waals surface area contributed by atoms with Gasteiger partial charge in [0.1, 0.15) is 0 Å². The first-order valence-electron chi connectivity index (χ1n) is 6.29. The second-order valence-corrected chi connectivity index (χ2v) is 5.02. The van der Waals surface area contributed by atoms with E-state index < -0.39 is 0 Å². The van der Waals surface area contributed by atoms with Crippen molar-refractivity contribution in [3.63, 3.8) is 0 Å². The van der Waals surface area contributed by atoms with Gasteiger partial charge in [-0.1, -0.05) is 11.6 Å². The van der Waals surface area contributed by atoms with Gasteiger partial charge in [0.2, 0.25) is 5.56 Å². The third-order valence-corrected chi connectivity index (χ3v) is 3.02. The van der Waals surface area contributed by atoms with Crippen LogP contribution in [0.4, 0.5) is 5.69 Å². The van der Waals surface area contributed by atoms with Gasteiger partial charge in [0, 0.05) is 18.5 Å². The van der Waals surface area contributed by atoms with Gasteiger partial charge in [0.05, 0.1) is 16.7 Å². The van der Waals surface area contributed by atoms with Crippen LogP contribution in [0.2, 0.25) is 5.15 Å². The van der Waals surface area contributed by atoms with Crippen LogP contribution in [0.1, 0.15) is 11.1 Å². The second-order valence-electron chi connectivity index (χ2n) is 4.66. The highest BCUT2D eigenvalue weighted by Gasteiger charge is 1.94. The average molecular weight is 303 g/mol. The number of H-pyrrole nitrogens is 1. The third kappa shape index (κ3) is 4.03. The van der Waals surface area contributed by atoms with Crippen LogP contribution in [0.5, 0.6) is 0 Å². The van der Waals surface area contributed by atoms with Crippen molar-refractivity contribution in [2.75, 3.05) is 5.73 Å². The summed E-state index contributed by atoms with van der Waals surface area (Å²) in [5.41, 5.74) is 9.56. The number of hydrogen-bond donors (Lipinski definition) is 2. The molecule has 6 heteroatoms. The summed E-state index contributed by atoms with van der Waals surface area (Å²) in [6.07, 6.45) is 3.46. The van der Waals surface area contributed by atoms with Crippen molar-refractivity contribution in [3.8, 4) is 0 Å². The third-order valence-electron chi connectivity index (χ3n) is 2.71. The summed E-state index contributed by atoms with van der Waals surface area (Å²) < 4.78 is 0. The fraction of sp³-hybridized carbons (Fsp3) is 0.133. The number of rotatable bonds is 0. The van der Waals surface area contributed by atoms with Crippen molar-refractivity contribution in [1.82, 2.24) is 15.0 Å². The van der Waals surface area contributed by atoms with Crippen LogP contribution >= 0.6 is 11.6 Å². The van der Waals surface area contributed by atoms with Crippen molar-refractivity contribution >= 4 is 28.3 Å². The van der Waals surface area contributed by atoms with Gasteiger partial charge in [0.15, 0.2) is 5.15 Å². The van der Waals surface area contributed by atoms with Crippen LogP contribution in [0.25, 0.3) is 11.0 Å². The molecule has 3 aromatic rings. The highest BCUT2D eigenvalue weighted by Crippen LogP contribution is 2.14. The molecule has 0 bridgehead atoms.